The quantitative estimate of drug-likeness (QED) is 0.418. The van der Waals surface area contributed by atoms with Crippen molar-refractivity contribution < 1.29 is 9.18 Å². The van der Waals surface area contributed by atoms with E-state index in [0.717, 1.165) is 32.2 Å². The van der Waals surface area contributed by atoms with Crippen molar-refractivity contribution in [3.05, 3.63) is 64.4 Å². The summed E-state index contributed by atoms with van der Waals surface area (Å²) in [5.41, 5.74) is 2.45. The average molecular weight is 509 g/mol. The fourth-order valence-corrected chi connectivity index (χ4v) is 7.12. The minimum atomic E-state index is -0.500. The molecule has 2 saturated carbocycles. The highest BCUT2D eigenvalue weighted by molar-refractivity contribution is 6.31. The Bertz CT molecular complexity index is 1160. The largest absolute Gasteiger partial charge is 0.322 e. The normalized spacial score (nSPS) is 26.9. The Morgan fingerprint density at radius 1 is 1.25 bits per heavy atom. The summed E-state index contributed by atoms with van der Waals surface area (Å²) >= 11 is 5.96. The Morgan fingerprint density at radius 3 is 2.78 bits per heavy atom. The number of carbonyl (C=O) groups excluding carboxylic acids is 1. The fourth-order valence-electron chi connectivity index (χ4n) is 6.94. The van der Waals surface area contributed by atoms with Crippen molar-refractivity contribution in [3.63, 3.8) is 0 Å². The number of benzene rings is 2. The molecule has 0 unspecified atom stereocenters. The predicted molar refractivity (Wildman–Crippen MR) is 141 cm³/mol. The lowest BCUT2D eigenvalue weighted by Crippen LogP contribution is -2.44. The second-order valence-electron chi connectivity index (χ2n) is 10.7. The maximum absolute atomic E-state index is 13.7. The smallest absolute Gasteiger partial charge is 0.321 e. The summed E-state index contributed by atoms with van der Waals surface area (Å²) in [5, 5.41) is 12.4. The van der Waals surface area contributed by atoms with Crippen molar-refractivity contribution >= 4 is 23.3 Å². The van der Waals surface area contributed by atoms with Crippen LogP contribution in [0.4, 0.5) is 14.9 Å². The van der Waals surface area contributed by atoms with Crippen LogP contribution in [0, 0.1) is 29.0 Å². The molecule has 1 heterocycles. The average Bonchev–Trinajstić information content (AvgIpc) is 3.25. The van der Waals surface area contributed by atoms with Gasteiger partial charge in [-0.2, -0.15) is 5.26 Å². The molecule has 0 bridgehead atoms. The Morgan fingerprint density at radius 2 is 2.06 bits per heavy atom. The molecule has 5 nitrogen and oxygen atoms in total. The molecule has 2 aliphatic carbocycles. The van der Waals surface area contributed by atoms with Gasteiger partial charge in [0, 0.05) is 23.7 Å². The van der Waals surface area contributed by atoms with E-state index in [1.807, 2.05) is 23.1 Å². The molecule has 1 saturated heterocycles. The Hall–Kier alpha value is -2.62. The fraction of sp³-hybridized carbons (Fsp3) is 0.517. The van der Waals surface area contributed by atoms with Gasteiger partial charge in [0.2, 0.25) is 0 Å². The summed E-state index contributed by atoms with van der Waals surface area (Å²) in [5.74, 6) is 0.318. The zero-order valence-corrected chi connectivity index (χ0v) is 21.6. The summed E-state index contributed by atoms with van der Waals surface area (Å²) in [6.45, 7) is 6.42. The van der Waals surface area contributed by atoms with Gasteiger partial charge in [0.25, 0.3) is 0 Å². The van der Waals surface area contributed by atoms with Crippen LogP contribution >= 0.6 is 11.6 Å². The summed E-state index contributed by atoms with van der Waals surface area (Å²) in [6, 6.07) is 14.5. The van der Waals surface area contributed by atoms with Crippen LogP contribution in [0.15, 0.2) is 42.5 Å². The topological polar surface area (TPSA) is 59.4 Å². The molecular formula is C29H34ClFN4O. The highest BCUT2D eigenvalue weighted by Gasteiger charge is 2.69. The van der Waals surface area contributed by atoms with Crippen molar-refractivity contribution in [1.82, 2.24) is 9.80 Å². The Kier molecular flexibility index (Phi) is 7.23. The van der Waals surface area contributed by atoms with E-state index in [4.69, 9.17) is 11.6 Å². The number of hydrogen-bond acceptors (Lipinski definition) is 3. The van der Waals surface area contributed by atoms with Crippen LogP contribution in [0.3, 0.4) is 0 Å². The molecule has 1 N–H and O–H groups in total. The van der Waals surface area contributed by atoms with Crippen LogP contribution < -0.4 is 5.32 Å². The van der Waals surface area contributed by atoms with E-state index in [0.29, 0.717) is 29.6 Å². The van der Waals surface area contributed by atoms with Crippen LogP contribution in [0.2, 0.25) is 5.02 Å². The van der Waals surface area contributed by atoms with E-state index in [2.05, 4.69) is 29.3 Å². The number of likely N-dealkylation sites (tertiary alicyclic amines) is 1. The Labute approximate surface area is 218 Å². The van der Waals surface area contributed by atoms with E-state index in [1.54, 1.807) is 6.07 Å². The zero-order chi connectivity index (χ0) is 25.3. The monoisotopic (exact) mass is 508 g/mol. The van der Waals surface area contributed by atoms with E-state index >= 15 is 0 Å². The molecule has 190 valence electrons. The highest BCUT2D eigenvalue weighted by Crippen LogP contribution is 2.69. The molecule has 0 radical (unpaired) electrons. The summed E-state index contributed by atoms with van der Waals surface area (Å²) in [7, 11) is 0. The van der Waals surface area contributed by atoms with Gasteiger partial charge in [0.15, 0.2) is 0 Å². The van der Waals surface area contributed by atoms with E-state index in [-0.39, 0.29) is 22.5 Å². The highest BCUT2D eigenvalue weighted by atomic mass is 35.5. The third-order valence-corrected chi connectivity index (χ3v) is 9.08. The predicted octanol–water partition coefficient (Wildman–Crippen LogP) is 6.43. The van der Waals surface area contributed by atoms with Crippen molar-refractivity contribution in [2.75, 3.05) is 31.5 Å². The first-order chi connectivity index (χ1) is 17.4. The van der Waals surface area contributed by atoms with Crippen molar-refractivity contribution in [1.29, 1.82) is 5.26 Å². The maximum atomic E-state index is 13.7. The van der Waals surface area contributed by atoms with Crippen LogP contribution in [-0.2, 0) is 5.41 Å². The SMILES string of the molecule is C[C@@H]1[C@@H]2[C@H](N(CCCCN3CCCC3)C(=O)Nc3ccc(F)c(Cl)c3)CC[C@@]21c1cccc(C#N)c1. The molecule has 4 atom stereocenters. The third-order valence-electron chi connectivity index (χ3n) is 8.79. The number of nitrogens with one attached hydrogen (secondary N) is 1. The first kappa shape index (κ1) is 25.0. The van der Waals surface area contributed by atoms with Gasteiger partial charge in [-0.25, -0.2) is 9.18 Å². The second-order valence-corrected chi connectivity index (χ2v) is 11.1. The van der Waals surface area contributed by atoms with E-state index in [1.165, 1.54) is 43.6 Å². The maximum Gasteiger partial charge on any atom is 0.322 e. The number of urea groups is 1. The number of unbranched alkanes of at least 4 members (excludes halogenated alkanes) is 1. The van der Waals surface area contributed by atoms with E-state index in [9.17, 15) is 14.4 Å². The van der Waals surface area contributed by atoms with Crippen molar-refractivity contribution in [3.8, 4) is 6.07 Å². The minimum absolute atomic E-state index is 0.00182. The molecule has 1 aliphatic heterocycles. The van der Waals surface area contributed by atoms with Gasteiger partial charge in [0.05, 0.1) is 16.7 Å². The number of rotatable bonds is 8. The van der Waals surface area contributed by atoms with Gasteiger partial charge in [-0.05, 0) is 106 Å². The van der Waals surface area contributed by atoms with Gasteiger partial charge in [-0.15, -0.1) is 0 Å². The van der Waals surface area contributed by atoms with Crippen LogP contribution in [-0.4, -0.2) is 48.1 Å². The molecule has 5 rings (SSSR count). The minimum Gasteiger partial charge on any atom is -0.321 e. The standard InChI is InChI=1S/C29H34ClFN4O/c1-20-27-26(11-12-29(20,27)22-8-6-7-21(17-22)19-32)35(16-5-4-15-34-13-2-3-14-34)28(36)33-23-9-10-25(31)24(30)18-23/h6-10,17-18,20,26-27H,2-5,11-16H2,1H3,(H,33,36)/t20-,26-,27-,29-/m1/s1. The number of fused-ring (bicyclic) bond motifs is 1. The molecule has 0 aromatic heterocycles. The first-order valence-corrected chi connectivity index (χ1v) is 13.6. The summed E-state index contributed by atoms with van der Waals surface area (Å²) in [4.78, 5) is 18.1. The zero-order valence-electron chi connectivity index (χ0n) is 20.9. The molecule has 2 amide bonds. The molecule has 36 heavy (non-hydrogen) atoms. The molecule has 3 fully saturated rings. The lowest BCUT2D eigenvalue weighted by Gasteiger charge is -2.31. The first-order valence-electron chi connectivity index (χ1n) is 13.2. The number of amides is 2. The van der Waals surface area contributed by atoms with Crippen LogP contribution in [0.1, 0.15) is 56.6 Å². The molecule has 2 aromatic rings. The molecule has 0 spiro atoms. The van der Waals surface area contributed by atoms with Crippen molar-refractivity contribution in [2.24, 2.45) is 11.8 Å². The lowest BCUT2D eigenvalue weighted by atomic mass is 9.90. The summed E-state index contributed by atoms with van der Waals surface area (Å²) in [6.07, 6.45) is 6.53. The van der Waals surface area contributed by atoms with Crippen LogP contribution in [0.5, 0.6) is 0 Å². The summed E-state index contributed by atoms with van der Waals surface area (Å²) < 4.78 is 13.7. The number of hydrogen-bond donors (Lipinski definition) is 1. The van der Waals surface area contributed by atoms with E-state index < -0.39 is 5.82 Å². The van der Waals surface area contributed by atoms with Gasteiger partial charge in [-0.1, -0.05) is 30.7 Å². The molecule has 3 aliphatic rings. The molecule has 2 aromatic carbocycles. The second kappa shape index (κ2) is 10.4. The number of nitrogens with zero attached hydrogens (tertiary/aromatic N) is 3. The van der Waals surface area contributed by atoms with Gasteiger partial charge in [0.1, 0.15) is 5.82 Å². The van der Waals surface area contributed by atoms with Gasteiger partial charge < -0.3 is 15.1 Å². The number of halogens is 2. The Balaban J connectivity index is 1.32. The number of nitriles is 1. The van der Waals surface area contributed by atoms with Gasteiger partial charge in [-0.3, -0.25) is 0 Å². The molecule has 7 heteroatoms. The number of carbonyl (C=O) groups is 1. The lowest BCUT2D eigenvalue weighted by molar-refractivity contribution is 0.174. The van der Waals surface area contributed by atoms with Gasteiger partial charge >= 0.3 is 6.03 Å². The van der Waals surface area contributed by atoms with Crippen LogP contribution in [0.25, 0.3) is 0 Å². The number of anilines is 1. The third kappa shape index (κ3) is 4.71. The molecular weight excluding hydrogens is 475 g/mol. The van der Waals surface area contributed by atoms with Crippen molar-refractivity contribution in [2.45, 2.75) is 56.9 Å².